The summed E-state index contributed by atoms with van der Waals surface area (Å²) in [7, 11) is 3.29. The fourth-order valence-electron chi connectivity index (χ4n) is 4.13. The number of rotatable bonds is 4. The van der Waals surface area contributed by atoms with Gasteiger partial charge in [-0.15, -0.1) is 0 Å². The van der Waals surface area contributed by atoms with Gasteiger partial charge in [0.15, 0.2) is 17.3 Å². The summed E-state index contributed by atoms with van der Waals surface area (Å²) < 4.78 is 16.7. The summed E-state index contributed by atoms with van der Waals surface area (Å²) in [6.45, 7) is 5.97. The molecule has 1 saturated heterocycles. The van der Waals surface area contributed by atoms with Crippen LogP contribution in [0.25, 0.3) is 11.4 Å². The van der Waals surface area contributed by atoms with E-state index in [9.17, 15) is 0 Å². The second-order valence-corrected chi connectivity index (χ2v) is 7.38. The van der Waals surface area contributed by atoms with Gasteiger partial charge >= 0.3 is 0 Å². The van der Waals surface area contributed by atoms with Crippen LogP contribution >= 0.6 is 0 Å². The number of aryl methyl sites for hydroxylation is 1. The lowest BCUT2D eigenvalue weighted by Crippen LogP contribution is -2.46. The van der Waals surface area contributed by atoms with Crippen molar-refractivity contribution in [3.8, 4) is 22.9 Å². The zero-order valence-corrected chi connectivity index (χ0v) is 16.5. The van der Waals surface area contributed by atoms with Crippen LogP contribution < -0.4 is 14.4 Å². The van der Waals surface area contributed by atoms with Crippen LogP contribution in [0.3, 0.4) is 0 Å². The molecule has 2 unspecified atom stereocenters. The topological polar surface area (TPSA) is 56.7 Å². The van der Waals surface area contributed by atoms with Gasteiger partial charge in [-0.05, 0) is 51.3 Å². The first-order valence-electron chi connectivity index (χ1n) is 9.61. The number of morpholine rings is 1. The minimum absolute atomic E-state index is 0.199. The molecule has 0 radical (unpaired) electrons. The molecule has 2 atom stereocenters. The van der Waals surface area contributed by atoms with Crippen molar-refractivity contribution in [2.45, 2.75) is 45.3 Å². The third-order valence-electron chi connectivity index (χ3n) is 5.27. The first-order valence-corrected chi connectivity index (χ1v) is 9.61. The predicted molar refractivity (Wildman–Crippen MR) is 105 cm³/mol. The predicted octanol–water partition coefficient (Wildman–Crippen LogP) is 3.26. The molecule has 1 aromatic carbocycles. The zero-order valence-electron chi connectivity index (χ0n) is 16.5. The lowest BCUT2D eigenvalue weighted by molar-refractivity contribution is -0.00550. The SMILES string of the molecule is COc1ccc(-c2nc3c(c(N4CC(C)OC(C)C4)n2)CCC3)cc1OC. The van der Waals surface area contributed by atoms with Gasteiger partial charge in [0.25, 0.3) is 0 Å². The Hall–Kier alpha value is -2.34. The minimum atomic E-state index is 0.199. The highest BCUT2D eigenvalue weighted by Gasteiger charge is 2.28. The fraction of sp³-hybridized carbons (Fsp3) is 0.524. The van der Waals surface area contributed by atoms with Crippen molar-refractivity contribution in [3.63, 3.8) is 0 Å². The largest absolute Gasteiger partial charge is 0.493 e. The second-order valence-electron chi connectivity index (χ2n) is 7.38. The lowest BCUT2D eigenvalue weighted by atomic mass is 10.1. The lowest BCUT2D eigenvalue weighted by Gasteiger charge is -2.37. The average Bonchev–Trinajstić information content (AvgIpc) is 3.14. The Morgan fingerprint density at radius 3 is 2.44 bits per heavy atom. The van der Waals surface area contributed by atoms with Gasteiger partial charge in [0.2, 0.25) is 0 Å². The normalized spacial score (nSPS) is 21.9. The first kappa shape index (κ1) is 18.0. The van der Waals surface area contributed by atoms with Crippen LogP contribution in [0.5, 0.6) is 11.5 Å². The molecule has 1 fully saturated rings. The van der Waals surface area contributed by atoms with Gasteiger partial charge in [-0.1, -0.05) is 0 Å². The summed E-state index contributed by atoms with van der Waals surface area (Å²) in [5.41, 5.74) is 3.43. The molecule has 1 aromatic heterocycles. The molecule has 0 amide bonds. The van der Waals surface area contributed by atoms with Gasteiger partial charge in [-0.2, -0.15) is 0 Å². The number of nitrogens with zero attached hydrogens (tertiary/aromatic N) is 3. The summed E-state index contributed by atoms with van der Waals surface area (Å²) in [6, 6.07) is 5.85. The molecule has 0 saturated carbocycles. The highest BCUT2D eigenvalue weighted by molar-refractivity contribution is 5.65. The molecule has 6 heteroatoms. The number of aromatic nitrogens is 2. The van der Waals surface area contributed by atoms with E-state index in [1.165, 1.54) is 11.3 Å². The van der Waals surface area contributed by atoms with Crippen molar-refractivity contribution in [3.05, 3.63) is 29.5 Å². The van der Waals surface area contributed by atoms with Gasteiger partial charge in [0, 0.05) is 29.9 Å². The summed E-state index contributed by atoms with van der Waals surface area (Å²) in [4.78, 5) is 12.3. The summed E-state index contributed by atoms with van der Waals surface area (Å²) in [5, 5.41) is 0. The number of benzene rings is 1. The summed E-state index contributed by atoms with van der Waals surface area (Å²) in [5.74, 6) is 3.22. The Bertz CT molecular complexity index is 830. The highest BCUT2D eigenvalue weighted by Crippen LogP contribution is 2.35. The number of hydrogen-bond acceptors (Lipinski definition) is 6. The maximum Gasteiger partial charge on any atom is 0.161 e. The van der Waals surface area contributed by atoms with E-state index in [-0.39, 0.29) is 12.2 Å². The number of anilines is 1. The Morgan fingerprint density at radius 1 is 1.00 bits per heavy atom. The van der Waals surface area contributed by atoms with Gasteiger partial charge in [-0.25, -0.2) is 9.97 Å². The average molecular weight is 369 g/mol. The molecule has 2 aromatic rings. The van der Waals surface area contributed by atoms with Gasteiger partial charge in [-0.3, -0.25) is 0 Å². The molecule has 2 heterocycles. The maximum absolute atomic E-state index is 5.91. The number of hydrogen-bond donors (Lipinski definition) is 0. The van der Waals surface area contributed by atoms with Crippen molar-refractivity contribution in [2.24, 2.45) is 0 Å². The summed E-state index contributed by atoms with van der Waals surface area (Å²) in [6.07, 6.45) is 3.61. The Kier molecular flexibility index (Phi) is 4.91. The van der Waals surface area contributed by atoms with Crippen LogP contribution in [0.15, 0.2) is 18.2 Å². The zero-order chi connectivity index (χ0) is 19.0. The molecule has 144 valence electrons. The van der Waals surface area contributed by atoms with Crippen LogP contribution in [-0.4, -0.2) is 49.5 Å². The third-order valence-corrected chi connectivity index (χ3v) is 5.27. The Morgan fingerprint density at radius 2 is 1.74 bits per heavy atom. The smallest absolute Gasteiger partial charge is 0.161 e. The molecule has 1 aliphatic carbocycles. The Labute approximate surface area is 160 Å². The molecule has 0 N–H and O–H groups in total. The highest BCUT2D eigenvalue weighted by atomic mass is 16.5. The van der Waals surface area contributed by atoms with Crippen molar-refractivity contribution in [1.82, 2.24) is 9.97 Å². The molecule has 4 rings (SSSR count). The van der Waals surface area contributed by atoms with E-state index in [4.69, 9.17) is 24.2 Å². The second kappa shape index (κ2) is 7.35. The quantitative estimate of drug-likeness (QED) is 0.824. The third kappa shape index (κ3) is 3.46. The minimum Gasteiger partial charge on any atom is -0.493 e. The fourth-order valence-corrected chi connectivity index (χ4v) is 4.13. The first-order chi connectivity index (χ1) is 13.1. The van der Waals surface area contributed by atoms with Crippen LogP contribution in [0, 0.1) is 0 Å². The number of fused-ring (bicyclic) bond motifs is 1. The van der Waals surface area contributed by atoms with Gasteiger partial charge in [0.1, 0.15) is 5.82 Å². The molecule has 6 nitrogen and oxygen atoms in total. The van der Waals surface area contributed by atoms with Crippen molar-refractivity contribution < 1.29 is 14.2 Å². The van der Waals surface area contributed by atoms with E-state index >= 15 is 0 Å². The van der Waals surface area contributed by atoms with E-state index in [0.29, 0.717) is 11.5 Å². The van der Waals surface area contributed by atoms with E-state index < -0.39 is 0 Å². The summed E-state index contributed by atoms with van der Waals surface area (Å²) >= 11 is 0. The van der Waals surface area contributed by atoms with E-state index in [1.807, 2.05) is 18.2 Å². The van der Waals surface area contributed by atoms with Gasteiger partial charge in [0.05, 0.1) is 26.4 Å². The van der Waals surface area contributed by atoms with Crippen LogP contribution in [0.2, 0.25) is 0 Å². The molecule has 2 aliphatic rings. The van der Waals surface area contributed by atoms with E-state index in [1.54, 1.807) is 14.2 Å². The Balaban J connectivity index is 1.77. The van der Waals surface area contributed by atoms with Crippen LogP contribution in [-0.2, 0) is 17.6 Å². The molecule has 1 aliphatic heterocycles. The van der Waals surface area contributed by atoms with E-state index in [2.05, 4.69) is 18.7 Å². The molecular weight excluding hydrogens is 342 g/mol. The molecule has 0 bridgehead atoms. The maximum atomic E-state index is 5.91. The molecular formula is C21H27N3O3. The molecule has 27 heavy (non-hydrogen) atoms. The number of methoxy groups -OCH3 is 2. The monoisotopic (exact) mass is 369 g/mol. The number of ether oxygens (including phenoxy) is 3. The van der Waals surface area contributed by atoms with Crippen LogP contribution in [0.1, 0.15) is 31.5 Å². The van der Waals surface area contributed by atoms with Crippen molar-refractivity contribution in [2.75, 3.05) is 32.2 Å². The van der Waals surface area contributed by atoms with Gasteiger partial charge < -0.3 is 19.1 Å². The molecule has 0 spiro atoms. The van der Waals surface area contributed by atoms with Crippen molar-refractivity contribution in [1.29, 1.82) is 0 Å². The van der Waals surface area contributed by atoms with E-state index in [0.717, 1.165) is 49.6 Å². The van der Waals surface area contributed by atoms with Crippen molar-refractivity contribution >= 4 is 5.82 Å². The van der Waals surface area contributed by atoms with Crippen LogP contribution in [0.4, 0.5) is 5.82 Å². The standard InChI is InChI=1S/C21H27N3O3/c1-13-11-24(12-14(2)27-13)21-16-6-5-7-17(16)22-20(23-21)15-8-9-18(25-3)19(10-15)26-4/h8-10,13-14H,5-7,11-12H2,1-4H3.